The zero-order valence-corrected chi connectivity index (χ0v) is 15.9. The molecule has 0 aliphatic carbocycles. The number of amides is 1. The molecule has 4 heteroatoms. The Bertz CT molecular complexity index is 668. The van der Waals surface area contributed by atoms with E-state index in [2.05, 4.69) is 59.4 Å². The van der Waals surface area contributed by atoms with Crippen LogP contribution in [0.1, 0.15) is 30.0 Å². The summed E-state index contributed by atoms with van der Waals surface area (Å²) in [6, 6.07) is 14.4. The molecule has 0 fully saturated rings. The molecule has 0 bridgehead atoms. The third kappa shape index (κ3) is 6.00. The first-order chi connectivity index (χ1) is 11.6. The molecule has 1 amide bonds. The van der Waals surface area contributed by atoms with Crippen LogP contribution in [0.5, 0.6) is 5.75 Å². The molecule has 0 atom stereocenters. The van der Waals surface area contributed by atoms with Crippen molar-refractivity contribution in [3.8, 4) is 5.75 Å². The molecule has 2 aromatic carbocycles. The van der Waals surface area contributed by atoms with Gasteiger partial charge in [-0.15, -0.1) is 0 Å². The van der Waals surface area contributed by atoms with Crippen LogP contribution in [-0.4, -0.2) is 19.1 Å². The number of ether oxygens (including phenoxy) is 1. The van der Waals surface area contributed by atoms with Crippen LogP contribution in [0, 0.1) is 6.92 Å². The van der Waals surface area contributed by atoms with Crippen molar-refractivity contribution < 1.29 is 9.53 Å². The van der Waals surface area contributed by atoms with Crippen molar-refractivity contribution >= 4 is 21.8 Å². The standard InChI is InChI=1S/C20H24BrNO2/c1-3-16-10-11-19(18(21)13-16)24-14-20(23)22-12-4-5-17-8-6-15(2)7-9-17/h6-11,13H,3-5,12,14H2,1-2H3,(H,22,23). The minimum absolute atomic E-state index is 0.0363. The Kier molecular flexibility index (Phi) is 7.32. The molecule has 0 spiro atoms. The van der Waals surface area contributed by atoms with Crippen molar-refractivity contribution in [2.24, 2.45) is 0 Å². The SMILES string of the molecule is CCc1ccc(OCC(=O)NCCCc2ccc(C)cc2)c(Br)c1. The van der Waals surface area contributed by atoms with E-state index in [1.165, 1.54) is 16.7 Å². The fraction of sp³-hybridized carbons (Fsp3) is 0.350. The lowest BCUT2D eigenvalue weighted by Gasteiger charge is -2.10. The van der Waals surface area contributed by atoms with E-state index in [1.807, 2.05) is 18.2 Å². The van der Waals surface area contributed by atoms with Gasteiger partial charge in [-0.05, 0) is 65.4 Å². The van der Waals surface area contributed by atoms with E-state index in [4.69, 9.17) is 4.74 Å². The summed E-state index contributed by atoms with van der Waals surface area (Å²) in [6.45, 7) is 4.88. The summed E-state index contributed by atoms with van der Waals surface area (Å²) in [7, 11) is 0. The minimum atomic E-state index is -0.0922. The number of nitrogens with one attached hydrogen (secondary N) is 1. The lowest BCUT2D eigenvalue weighted by atomic mass is 10.1. The van der Waals surface area contributed by atoms with Crippen LogP contribution in [-0.2, 0) is 17.6 Å². The van der Waals surface area contributed by atoms with Gasteiger partial charge in [0.1, 0.15) is 5.75 Å². The van der Waals surface area contributed by atoms with Gasteiger partial charge in [0.2, 0.25) is 0 Å². The normalized spacial score (nSPS) is 10.5. The van der Waals surface area contributed by atoms with Crippen LogP contribution in [0.25, 0.3) is 0 Å². The first kappa shape index (κ1) is 18.5. The number of halogens is 1. The summed E-state index contributed by atoms with van der Waals surface area (Å²) in [6.07, 6.45) is 2.86. The third-order valence-corrected chi connectivity index (χ3v) is 4.47. The van der Waals surface area contributed by atoms with Gasteiger partial charge < -0.3 is 10.1 Å². The molecule has 1 N–H and O–H groups in total. The van der Waals surface area contributed by atoms with E-state index in [1.54, 1.807) is 0 Å². The average molecular weight is 390 g/mol. The van der Waals surface area contributed by atoms with Gasteiger partial charge in [0, 0.05) is 6.54 Å². The monoisotopic (exact) mass is 389 g/mol. The Hall–Kier alpha value is -1.81. The van der Waals surface area contributed by atoms with Crippen molar-refractivity contribution in [3.63, 3.8) is 0 Å². The molecule has 3 nitrogen and oxygen atoms in total. The molecule has 128 valence electrons. The quantitative estimate of drug-likeness (QED) is 0.677. The highest BCUT2D eigenvalue weighted by Crippen LogP contribution is 2.26. The van der Waals surface area contributed by atoms with Gasteiger partial charge in [-0.1, -0.05) is 42.8 Å². The first-order valence-electron chi connectivity index (χ1n) is 8.32. The van der Waals surface area contributed by atoms with Gasteiger partial charge in [-0.25, -0.2) is 0 Å². The number of aryl methyl sites for hydroxylation is 3. The molecule has 2 aromatic rings. The van der Waals surface area contributed by atoms with Gasteiger partial charge in [0.05, 0.1) is 4.47 Å². The first-order valence-corrected chi connectivity index (χ1v) is 9.11. The largest absolute Gasteiger partial charge is 0.483 e. The number of carbonyl (C=O) groups excluding carboxylic acids is 1. The highest BCUT2D eigenvalue weighted by Gasteiger charge is 2.06. The van der Waals surface area contributed by atoms with Crippen LogP contribution >= 0.6 is 15.9 Å². The van der Waals surface area contributed by atoms with Crippen LogP contribution in [0.15, 0.2) is 46.9 Å². The van der Waals surface area contributed by atoms with E-state index in [-0.39, 0.29) is 12.5 Å². The van der Waals surface area contributed by atoms with Crippen molar-refractivity contribution in [1.29, 1.82) is 0 Å². The summed E-state index contributed by atoms with van der Waals surface area (Å²) >= 11 is 3.48. The van der Waals surface area contributed by atoms with Crippen LogP contribution in [0.3, 0.4) is 0 Å². The summed E-state index contributed by atoms with van der Waals surface area (Å²) in [5.41, 5.74) is 3.79. The number of benzene rings is 2. The summed E-state index contributed by atoms with van der Waals surface area (Å²) in [5, 5.41) is 2.90. The Morgan fingerprint density at radius 3 is 2.50 bits per heavy atom. The number of carbonyl (C=O) groups is 1. The van der Waals surface area contributed by atoms with Gasteiger partial charge >= 0.3 is 0 Å². The third-order valence-electron chi connectivity index (χ3n) is 3.85. The second-order valence-corrected chi connectivity index (χ2v) is 6.70. The van der Waals surface area contributed by atoms with Crippen LogP contribution < -0.4 is 10.1 Å². The topological polar surface area (TPSA) is 38.3 Å². The summed E-state index contributed by atoms with van der Waals surface area (Å²) < 4.78 is 6.45. The molecule has 0 saturated carbocycles. The average Bonchev–Trinajstić information content (AvgIpc) is 2.59. The molecule has 0 aliphatic heterocycles. The number of rotatable bonds is 8. The predicted octanol–water partition coefficient (Wildman–Crippen LogP) is 4.45. The second-order valence-electron chi connectivity index (χ2n) is 5.85. The second kappa shape index (κ2) is 9.48. The van der Waals surface area contributed by atoms with E-state index >= 15 is 0 Å². The maximum absolute atomic E-state index is 11.9. The molecule has 2 rings (SSSR count). The van der Waals surface area contributed by atoms with Gasteiger partial charge in [-0.2, -0.15) is 0 Å². The summed E-state index contributed by atoms with van der Waals surface area (Å²) in [5.74, 6) is 0.604. The van der Waals surface area contributed by atoms with E-state index in [0.29, 0.717) is 12.3 Å². The van der Waals surface area contributed by atoms with Crippen molar-refractivity contribution in [3.05, 3.63) is 63.6 Å². The van der Waals surface area contributed by atoms with E-state index in [0.717, 1.165) is 23.7 Å². The van der Waals surface area contributed by atoms with Gasteiger partial charge in [-0.3, -0.25) is 4.79 Å². The van der Waals surface area contributed by atoms with Crippen LogP contribution in [0.4, 0.5) is 0 Å². The minimum Gasteiger partial charge on any atom is -0.483 e. The molecular formula is C20H24BrNO2. The molecule has 0 unspecified atom stereocenters. The van der Waals surface area contributed by atoms with Crippen LogP contribution in [0.2, 0.25) is 0 Å². The highest BCUT2D eigenvalue weighted by atomic mass is 79.9. The van der Waals surface area contributed by atoms with E-state index < -0.39 is 0 Å². The maximum Gasteiger partial charge on any atom is 0.257 e. The number of hydrogen-bond donors (Lipinski definition) is 1. The lowest BCUT2D eigenvalue weighted by molar-refractivity contribution is -0.123. The molecule has 0 saturated heterocycles. The predicted molar refractivity (Wildman–Crippen MR) is 102 cm³/mol. The smallest absolute Gasteiger partial charge is 0.257 e. The Morgan fingerprint density at radius 2 is 1.83 bits per heavy atom. The van der Waals surface area contributed by atoms with Crippen molar-refractivity contribution in [2.75, 3.05) is 13.2 Å². The Balaban J connectivity index is 1.67. The Morgan fingerprint density at radius 1 is 1.12 bits per heavy atom. The van der Waals surface area contributed by atoms with Gasteiger partial charge in [0.15, 0.2) is 6.61 Å². The summed E-state index contributed by atoms with van der Waals surface area (Å²) in [4.78, 5) is 11.9. The molecule has 0 heterocycles. The highest BCUT2D eigenvalue weighted by molar-refractivity contribution is 9.10. The molecular weight excluding hydrogens is 366 g/mol. The van der Waals surface area contributed by atoms with Crippen molar-refractivity contribution in [2.45, 2.75) is 33.1 Å². The lowest BCUT2D eigenvalue weighted by Crippen LogP contribution is -2.30. The fourth-order valence-corrected chi connectivity index (χ4v) is 2.89. The van der Waals surface area contributed by atoms with E-state index in [9.17, 15) is 4.79 Å². The Labute approximate surface area is 152 Å². The number of hydrogen-bond acceptors (Lipinski definition) is 2. The zero-order valence-electron chi connectivity index (χ0n) is 14.3. The molecule has 0 aliphatic rings. The van der Waals surface area contributed by atoms with Gasteiger partial charge in [0.25, 0.3) is 5.91 Å². The zero-order chi connectivity index (χ0) is 17.4. The molecule has 0 radical (unpaired) electrons. The molecule has 0 aromatic heterocycles. The fourth-order valence-electron chi connectivity index (χ4n) is 2.35. The molecule has 24 heavy (non-hydrogen) atoms. The van der Waals surface area contributed by atoms with Crippen molar-refractivity contribution in [1.82, 2.24) is 5.32 Å². The maximum atomic E-state index is 11.9.